The Bertz CT molecular complexity index is 1230. The van der Waals surface area contributed by atoms with Gasteiger partial charge in [-0.25, -0.2) is 13.2 Å². The number of rotatable bonds is 8. The molecule has 0 aliphatic heterocycles. The molecule has 7 nitrogen and oxygen atoms in total. The van der Waals surface area contributed by atoms with Gasteiger partial charge in [0, 0.05) is 14.8 Å². The summed E-state index contributed by atoms with van der Waals surface area (Å²) in [5, 5.41) is 3.36. The lowest BCUT2D eigenvalue weighted by Crippen LogP contribution is -2.22. The van der Waals surface area contributed by atoms with E-state index in [2.05, 4.69) is 10.0 Å². The minimum atomic E-state index is -3.58. The number of carbonyl (C=O) groups excluding carboxylic acids is 2. The van der Waals surface area contributed by atoms with Crippen molar-refractivity contribution < 1.29 is 22.7 Å². The molecular formula is C22H19ClN2O5S2. The Balaban J connectivity index is 1.64. The lowest BCUT2D eigenvalue weighted by molar-refractivity contribution is -0.119. The van der Waals surface area contributed by atoms with Crippen molar-refractivity contribution in [2.45, 2.75) is 9.79 Å². The fraction of sp³-hybridized carbons (Fsp3) is 0.0909. The van der Waals surface area contributed by atoms with Crippen molar-refractivity contribution in [2.24, 2.45) is 0 Å². The Morgan fingerprint density at radius 2 is 1.56 bits per heavy atom. The van der Waals surface area contributed by atoms with Gasteiger partial charge in [-0.3, -0.25) is 9.52 Å². The molecule has 0 aliphatic carbocycles. The third kappa shape index (κ3) is 7.01. The summed E-state index contributed by atoms with van der Waals surface area (Å²) in [6, 6.07) is 20.5. The molecule has 0 aliphatic rings. The van der Waals surface area contributed by atoms with Crippen LogP contribution < -0.4 is 10.0 Å². The van der Waals surface area contributed by atoms with Gasteiger partial charge in [-0.05, 0) is 48.5 Å². The topological polar surface area (TPSA) is 102 Å². The second kappa shape index (κ2) is 10.5. The van der Waals surface area contributed by atoms with Crippen LogP contribution in [0.4, 0.5) is 11.4 Å². The SMILES string of the molecule is CS(=O)(=O)Nc1ccccc1C(=O)OCC(=O)Nc1ccccc1Sc1ccc(Cl)cc1. The van der Waals surface area contributed by atoms with E-state index in [-0.39, 0.29) is 11.3 Å². The highest BCUT2D eigenvalue weighted by Crippen LogP contribution is 2.33. The summed E-state index contributed by atoms with van der Waals surface area (Å²) in [5.74, 6) is -1.35. The van der Waals surface area contributed by atoms with Crippen molar-refractivity contribution in [2.75, 3.05) is 22.9 Å². The van der Waals surface area contributed by atoms with Gasteiger partial charge < -0.3 is 10.1 Å². The number of carbonyl (C=O) groups is 2. The van der Waals surface area contributed by atoms with Crippen LogP contribution in [0.3, 0.4) is 0 Å². The van der Waals surface area contributed by atoms with Crippen molar-refractivity contribution in [1.82, 2.24) is 0 Å². The number of hydrogen-bond acceptors (Lipinski definition) is 6. The number of sulfonamides is 1. The highest BCUT2D eigenvalue weighted by molar-refractivity contribution is 7.99. The normalized spacial score (nSPS) is 10.9. The molecule has 32 heavy (non-hydrogen) atoms. The molecule has 0 radical (unpaired) electrons. The van der Waals surface area contributed by atoms with Crippen LogP contribution in [0.2, 0.25) is 5.02 Å². The third-order valence-corrected chi connectivity index (χ3v) is 5.91. The van der Waals surface area contributed by atoms with Crippen molar-refractivity contribution in [3.63, 3.8) is 0 Å². The van der Waals surface area contributed by atoms with E-state index < -0.39 is 28.5 Å². The van der Waals surface area contributed by atoms with E-state index in [1.54, 1.807) is 36.4 Å². The van der Waals surface area contributed by atoms with Crippen LogP contribution in [0.1, 0.15) is 10.4 Å². The molecule has 0 saturated carbocycles. The Labute approximate surface area is 195 Å². The van der Waals surface area contributed by atoms with Gasteiger partial charge in [0.05, 0.1) is 23.2 Å². The third-order valence-electron chi connectivity index (χ3n) is 3.98. The number of amides is 1. The molecule has 0 fully saturated rings. The van der Waals surface area contributed by atoms with Crippen LogP contribution in [0.25, 0.3) is 0 Å². The maximum atomic E-state index is 12.4. The predicted octanol–water partition coefficient (Wildman–Crippen LogP) is 4.66. The molecule has 0 heterocycles. The van der Waals surface area contributed by atoms with Crippen molar-refractivity contribution in [1.29, 1.82) is 0 Å². The first kappa shape index (κ1) is 23.6. The smallest absolute Gasteiger partial charge is 0.340 e. The number of para-hydroxylation sites is 2. The summed E-state index contributed by atoms with van der Waals surface area (Å²) >= 11 is 7.37. The van der Waals surface area contributed by atoms with Crippen LogP contribution in [-0.4, -0.2) is 33.2 Å². The second-order valence-electron chi connectivity index (χ2n) is 6.60. The lowest BCUT2D eigenvalue weighted by Gasteiger charge is -2.12. The van der Waals surface area contributed by atoms with E-state index >= 15 is 0 Å². The molecule has 0 atom stereocenters. The molecule has 3 aromatic rings. The minimum Gasteiger partial charge on any atom is -0.452 e. The number of nitrogens with one attached hydrogen (secondary N) is 2. The Kier molecular flexibility index (Phi) is 7.79. The quantitative estimate of drug-likeness (QED) is 0.445. The molecular weight excluding hydrogens is 472 g/mol. The number of ether oxygens (including phenoxy) is 1. The maximum absolute atomic E-state index is 12.4. The summed E-state index contributed by atoms with van der Waals surface area (Å²) in [7, 11) is -3.58. The fourth-order valence-electron chi connectivity index (χ4n) is 2.63. The van der Waals surface area contributed by atoms with Gasteiger partial charge in [-0.2, -0.15) is 0 Å². The number of halogens is 1. The van der Waals surface area contributed by atoms with Gasteiger partial charge in [0.1, 0.15) is 0 Å². The van der Waals surface area contributed by atoms with Gasteiger partial charge in [0.15, 0.2) is 6.61 Å². The van der Waals surface area contributed by atoms with Crippen molar-refractivity contribution >= 4 is 56.6 Å². The molecule has 0 unspecified atom stereocenters. The average Bonchev–Trinajstić information content (AvgIpc) is 2.74. The van der Waals surface area contributed by atoms with E-state index in [1.165, 1.54) is 23.9 Å². The number of benzene rings is 3. The maximum Gasteiger partial charge on any atom is 0.340 e. The molecule has 0 saturated heterocycles. The highest BCUT2D eigenvalue weighted by Gasteiger charge is 2.17. The zero-order valence-electron chi connectivity index (χ0n) is 16.9. The summed E-state index contributed by atoms with van der Waals surface area (Å²) in [4.78, 5) is 26.5. The fourth-order valence-corrected chi connectivity index (χ4v) is 4.24. The first-order valence-corrected chi connectivity index (χ1v) is 12.4. The van der Waals surface area contributed by atoms with E-state index in [0.717, 1.165) is 16.0 Å². The van der Waals surface area contributed by atoms with Gasteiger partial charge in [0.2, 0.25) is 10.0 Å². The zero-order chi connectivity index (χ0) is 23.1. The Morgan fingerprint density at radius 1 is 0.938 bits per heavy atom. The van der Waals surface area contributed by atoms with Crippen molar-refractivity contribution in [3.8, 4) is 0 Å². The molecule has 0 bridgehead atoms. The van der Waals surface area contributed by atoms with E-state index in [9.17, 15) is 18.0 Å². The second-order valence-corrected chi connectivity index (χ2v) is 9.90. The van der Waals surface area contributed by atoms with Gasteiger partial charge in [0.25, 0.3) is 5.91 Å². The molecule has 166 valence electrons. The molecule has 2 N–H and O–H groups in total. The van der Waals surface area contributed by atoms with Crippen LogP contribution >= 0.6 is 23.4 Å². The zero-order valence-corrected chi connectivity index (χ0v) is 19.3. The number of esters is 1. The van der Waals surface area contributed by atoms with Gasteiger partial charge in [-0.15, -0.1) is 0 Å². The first-order valence-electron chi connectivity index (χ1n) is 9.27. The Morgan fingerprint density at radius 3 is 2.25 bits per heavy atom. The summed E-state index contributed by atoms with van der Waals surface area (Å²) in [6.07, 6.45) is 0.974. The standard InChI is InChI=1S/C22H19ClN2O5S2/c1-32(28,29)25-18-7-3-2-6-17(18)22(27)30-14-21(26)24-19-8-4-5-9-20(19)31-16-12-10-15(23)11-13-16/h2-13,25H,14H2,1H3,(H,24,26). The largest absolute Gasteiger partial charge is 0.452 e. The highest BCUT2D eigenvalue weighted by atomic mass is 35.5. The predicted molar refractivity (Wildman–Crippen MR) is 126 cm³/mol. The van der Waals surface area contributed by atoms with Crippen LogP contribution in [0, 0.1) is 0 Å². The minimum absolute atomic E-state index is 0.00409. The monoisotopic (exact) mass is 490 g/mol. The molecule has 3 aromatic carbocycles. The van der Waals surface area contributed by atoms with E-state index in [4.69, 9.17) is 16.3 Å². The number of anilines is 2. The first-order chi connectivity index (χ1) is 15.2. The molecule has 0 spiro atoms. The molecule has 1 amide bonds. The molecule has 3 rings (SSSR count). The van der Waals surface area contributed by atoms with Crippen molar-refractivity contribution in [3.05, 3.63) is 83.4 Å². The van der Waals surface area contributed by atoms with Gasteiger partial charge >= 0.3 is 5.97 Å². The van der Waals surface area contributed by atoms with Crippen LogP contribution in [0.15, 0.2) is 82.6 Å². The summed E-state index contributed by atoms with van der Waals surface area (Å²) in [5.41, 5.74) is 0.641. The average molecular weight is 491 g/mol. The van der Waals surface area contributed by atoms with Crippen LogP contribution in [0.5, 0.6) is 0 Å². The van der Waals surface area contributed by atoms with Gasteiger partial charge in [-0.1, -0.05) is 47.6 Å². The van der Waals surface area contributed by atoms with Crippen LogP contribution in [-0.2, 0) is 19.6 Å². The summed E-state index contributed by atoms with van der Waals surface area (Å²) < 4.78 is 30.3. The summed E-state index contributed by atoms with van der Waals surface area (Å²) in [6.45, 7) is -0.536. The number of hydrogen-bond donors (Lipinski definition) is 2. The Hall–Kier alpha value is -3.01. The molecule has 10 heteroatoms. The van der Waals surface area contributed by atoms with E-state index in [1.807, 2.05) is 24.3 Å². The lowest BCUT2D eigenvalue weighted by atomic mass is 10.2. The molecule has 0 aromatic heterocycles. The van der Waals surface area contributed by atoms with E-state index in [0.29, 0.717) is 10.7 Å².